The number of carbonyl (C=O) groups excluding carboxylic acids is 1. The molecule has 0 aliphatic heterocycles. The highest BCUT2D eigenvalue weighted by molar-refractivity contribution is 7.88. The third-order valence-electron chi connectivity index (χ3n) is 3.25. The van der Waals surface area contributed by atoms with Crippen molar-refractivity contribution >= 4 is 60.0 Å². The third kappa shape index (κ3) is 4.61. The van der Waals surface area contributed by atoms with E-state index in [-0.39, 0.29) is 16.5 Å². The molecule has 1 aromatic heterocycles. The summed E-state index contributed by atoms with van der Waals surface area (Å²) in [6.07, 6.45) is 0. The molecule has 5 N–H and O–H groups in total. The topological polar surface area (TPSA) is 134 Å². The fourth-order valence-electron chi connectivity index (χ4n) is 2.19. The van der Waals surface area contributed by atoms with Gasteiger partial charge >= 0.3 is 6.03 Å². The van der Waals surface area contributed by atoms with E-state index in [0.29, 0.717) is 26.6 Å². The van der Waals surface area contributed by atoms with E-state index in [9.17, 15) is 18.3 Å². The zero-order valence-corrected chi connectivity index (χ0v) is 15.5. The van der Waals surface area contributed by atoms with Gasteiger partial charge in [-0.25, -0.2) is 23.3 Å². The van der Waals surface area contributed by atoms with E-state index in [1.54, 1.807) is 18.2 Å². The minimum absolute atomic E-state index is 0.0842. The Hall–Kier alpha value is -2.40. The number of phenolic OH excluding ortho intramolecular Hbond substituents is 1. The number of nitrogens with two attached hydrogens (primary N) is 1. The Kier molecular flexibility index (Phi) is 5.01. The molecular weight excluding hydrogens is 400 g/mol. The van der Waals surface area contributed by atoms with Crippen LogP contribution in [-0.4, -0.2) is 24.5 Å². The molecule has 0 aliphatic rings. The number of rotatable bonds is 4. The number of carbonyl (C=O) groups is 1. The Balaban J connectivity index is 1.73. The number of fused-ring (bicyclic) bond motifs is 1. The molecule has 8 nitrogen and oxygen atoms in total. The summed E-state index contributed by atoms with van der Waals surface area (Å²) in [4.78, 5) is 16.3. The van der Waals surface area contributed by atoms with Gasteiger partial charge in [-0.05, 0) is 35.9 Å². The molecule has 0 atom stereocenters. The van der Waals surface area contributed by atoms with Gasteiger partial charge in [0.2, 0.25) is 10.0 Å². The molecule has 0 unspecified atom stereocenters. The standard InChI is InChI=1S/C15H13ClN4O4S2/c16-10-6-9(2-4-12(10)21)18-14(22)20-15-19-11-3-1-8(5-13(11)25-15)7-26(17,23)24/h1-6,21H,7H2,(H2,17,23,24)(H2,18,19,20,22). The van der Waals surface area contributed by atoms with Crippen LogP contribution in [0.25, 0.3) is 10.2 Å². The number of aromatic nitrogens is 1. The molecule has 26 heavy (non-hydrogen) atoms. The summed E-state index contributed by atoms with van der Waals surface area (Å²) < 4.78 is 23.1. The average Bonchev–Trinajstić information content (AvgIpc) is 2.90. The van der Waals surface area contributed by atoms with Gasteiger partial charge in [0.15, 0.2) is 5.13 Å². The van der Waals surface area contributed by atoms with Gasteiger partial charge in [-0.1, -0.05) is 29.0 Å². The molecule has 0 spiro atoms. The number of sulfonamides is 1. The molecule has 3 aromatic rings. The lowest BCUT2D eigenvalue weighted by Gasteiger charge is -2.06. The maximum atomic E-state index is 12.1. The molecular formula is C15H13ClN4O4S2. The molecule has 0 radical (unpaired) electrons. The quantitative estimate of drug-likeness (QED) is 0.488. The molecule has 0 aliphatic carbocycles. The average molecular weight is 413 g/mol. The monoisotopic (exact) mass is 412 g/mol. The van der Waals surface area contributed by atoms with E-state index in [0.717, 1.165) is 0 Å². The molecule has 0 saturated heterocycles. The lowest BCUT2D eigenvalue weighted by atomic mass is 10.2. The van der Waals surface area contributed by atoms with E-state index in [4.69, 9.17) is 16.7 Å². The maximum Gasteiger partial charge on any atom is 0.325 e. The van der Waals surface area contributed by atoms with Crippen LogP contribution in [0.3, 0.4) is 0 Å². The van der Waals surface area contributed by atoms with Gasteiger partial charge in [-0.3, -0.25) is 5.32 Å². The summed E-state index contributed by atoms with van der Waals surface area (Å²) >= 11 is 6.98. The van der Waals surface area contributed by atoms with E-state index >= 15 is 0 Å². The zero-order valence-electron chi connectivity index (χ0n) is 13.1. The Morgan fingerprint density at radius 3 is 2.69 bits per heavy atom. The Bertz CT molecular complexity index is 1100. The molecule has 0 fully saturated rings. The fraction of sp³-hybridized carbons (Fsp3) is 0.0667. The lowest BCUT2D eigenvalue weighted by Crippen LogP contribution is -2.19. The minimum atomic E-state index is -3.62. The van der Waals surface area contributed by atoms with Gasteiger partial charge in [0.25, 0.3) is 0 Å². The summed E-state index contributed by atoms with van der Waals surface area (Å²) in [6.45, 7) is 0. The van der Waals surface area contributed by atoms with Crippen molar-refractivity contribution in [1.82, 2.24) is 4.98 Å². The van der Waals surface area contributed by atoms with Crippen LogP contribution in [0.4, 0.5) is 15.6 Å². The number of amides is 2. The predicted octanol–water partition coefficient (Wildman–Crippen LogP) is 3.09. The summed E-state index contributed by atoms with van der Waals surface area (Å²) in [5.41, 5.74) is 1.57. The van der Waals surface area contributed by atoms with Gasteiger partial charge < -0.3 is 10.4 Å². The summed E-state index contributed by atoms with van der Waals surface area (Å²) in [5.74, 6) is -0.356. The van der Waals surface area contributed by atoms with Crippen molar-refractivity contribution in [1.29, 1.82) is 0 Å². The number of phenols is 1. The number of benzene rings is 2. The number of anilines is 2. The summed E-state index contributed by atoms with van der Waals surface area (Å²) in [6, 6.07) is 8.69. The van der Waals surface area contributed by atoms with Crippen LogP contribution >= 0.6 is 22.9 Å². The van der Waals surface area contributed by atoms with Crippen LogP contribution in [0, 0.1) is 0 Å². The van der Waals surface area contributed by atoms with Crippen molar-refractivity contribution in [2.24, 2.45) is 5.14 Å². The third-order valence-corrected chi connectivity index (χ3v) is 5.22. The van der Waals surface area contributed by atoms with Gasteiger partial charge in [-0.15, -0.1) is 0 Å². The highest BCUT2D eigenvalue weighted by Crippen LogP contribution is 2.28. The van der Waals surface area contributed by atoms with E-state index in [1.807, 2.05) is 0 Å². The van der Waals surface area contributed by atoms with Gasteiger partial charge in [0.1, 0.15) is 5.75 Å². The second-order valence-electron chi connectivity index (χ2n) is 5.37. The van der Waals surface area contributed by atoms with E-state index < -0.39 is 16.1 Å². The molecule has 2 aromatic carbocycles. The van der Waals surface area contributed by atoms with Gasteiger partial charge in [0, 0.05) is 5.69 Å². The highest BCUT2D eigenvalue weighted by atomic mass is 35.5. The van der Waals surface area contributed by atoms with Crippen LogP contribution in [-0.2, 0) is 15.8 Å². The number of nitrogens with zero attached hydrogens (tertiary/aromatic N) is 1. The van der Waals surface area contributed by atoms with Crippen LogP contribution in [0.2, 0.25) is 5.02 Å². The van der Waals surface area contributed by atoms with Crippen LogP contribution in [0.5, 0.6) is 5.75 Å². The first-order chi connectivity index (χ1) is 12.2. The number of nitrogens with one attached hydrogen (secondary N) is 2. The fourth-order valence-corrected chi connectivity index (χ4v) is 3.94. The van der Waals surface area contributed by atoms with Crippen molar-refractivity contribution in [3.05, 3.63) is 47.0 Å². The molecule has 11 heteroatoms. The Morgan fingerprint density at radius 1 is 1.23 bits per heavy atom. The number of urea groups is 1. The number of halogens is 1. The number of primary sulfonamides is 1. The minimum Gasteiger partial charge on any atom is -0.506 e. The zero-order chi connectivity index (χ0) is 18.9. The molecule has 0 bridgehead atoms. The second-order valence-corrected chi connectivity index (χ2v) is 8.43. The van der Waals surface area contributed by atoms with Crippen LogP contribution < -0.4 is 15.8 Å². The van der Waals surface area contributed by atoms with E-state index in [1.165, 1.54) is 29.5 Å². The Morgan fingerprint density at radius 2 is 2.00 bits per heavy atom. The smallest absolute Gasteiger partial charge is 0.325 e. The SMILES string of the molecule is NS(=O)(=O)Cc1ccc2nc(NC(=O)Nc3ccc(O)c(Cl)c3)sc2c1. The summed E-state index contributed by atoms with van der Waals surface area (Å²) in [5, 5.41) is 20.0. The highest BCUT2D eigenvalue weighted by Gasteiger charge is 2.11. The molecule has 3 rings (SSSR count). The normalized spacial score (nSPS) is 11.5. The molecule has 2 amide bonds. The molecule has 136 valence electrons. The largest absolute Gasteiger partial charge is 0.506 e. The molecule has 1 heterocycles. The molecule has 0 saturated carbocycles. The van der Waals surface area contributed by atoms with Crippen molar-refractivity contribution < 1.29 is 18.3 Å². The number of hydrogen-bond donors (Lipinski definition) is 4. The van der Waals surface area contributed by atoms with Crippen LogP contribution in [0.15, 0.2) is 36.4 Å². The Labute approximate surface area is 157 Å². The maximum absolute atomic E-state index is 12.1. The number of aromatic hydroxyl groups is 1. The number of thiazole rings is 1. The van der Waals surface area contributed by atoms with Crippen molar-refractivity contribution in [2.45, 2.75) is 5.75 Å². The van der Waals surface area contributed by atoms with Crippen LogP contribution in [0.1, 0.15) is 5.56 Å². The van der Waals surface area contributed by atoms with Crippen molar-refractivity contribution in [3.8, 4) is 5.75 Å². The van der Waals surface area contributed by atoms with Gasteiger partial charge in [-0.2, -0.15) is 0 Å². The summed E-state index contributed by atoms with van der Waals surface area (Å²) in [7, 11) is -3.62. The second kappa shape index (κ2) is 7.08. The van der Waals surface area contributed by atoms with Crippen molar-refractivity contribution in [2.75, 3.05) is 10.6 Å². The van der Waals surface area contributed by atoms with Gasteiger partial charge in [0.05, 0.1) is 21.0 Å². The predicted molar refractivity (Wildman–Crippen MR) is 102 cm³/mol. The first-order valence-corrected chi connectivity index (χ1v) is 10.1. The van der Waals surface area contributed by atoms with E-state index in [2.05, 4.69) is 15.6 Å². The first kappa shape index (κ1) is 18.4. The lowest BCUT2D eigenvalue weighted by molar-refractivity contribution is 0.262. The number of hydrogen-bond acceptors (Lipinski definition) is 6. The first-order valence-electron chi connectivity index (χ1n) is 7.16. The van der Waals surface area contributed by atoms with Crippen molar-refractivity contribution in [3.63, 3.8) is 0 Å².